The molecule has 0 saturated heterocycles. The Morgan fingerprint density at radius 1 is 1.24 bits per heavy atom. The standard InChI is InChI=1S/C17H18N2O4S2/c1-19-14-9-11(3-8-15(14)24-10-16(19)20)17(21)18-12-4-6-13(7-5-12)25(2,22)23/h3-9,16,20H,10H2,1-2H3,(H,18,21). The molecular formula is C17H18N2O4S2. The van der Waals surface area contributed by atoms with Crippen molar-refractivity contribution in [2.75, 3.05) is 29.3 Å². The highest BCUT2D eigenvalue weighted by molar-refractivity contribution is 7.99. The van der Waals surface area contributed by atoms with Crippen molar-refractivity contribution in [2.45, 2.75) is 16.0 Å². The molecule has 0 fully saturated rings. The van der Waals surface area contributed by atoms with E-state index >= 15 is 0 Å². The largest absolute Gasteiger partial charge is 0.373 e. The number of carbonyl (C=O) groups is 1. The first-order valence-electron chi connectivity index (χ1n) is 7.55. The molecule has 1 aliphatic rings. The van der Waals surface area contributed by atoms with E-state index in [2.05, 4.69) is 5.32 Å². The number of sulfone groups is 1. The number of thioether (sulfide) groups is 1. The third-order valence-electron chi connectivity index (χ3n) is 3.98. The predicted octanol–water partition coefficient (Wildman–Crippen LogP) is 2.20. The Balaban J connectivity index is 1.80. The van der Waals surface area contributed by atoms with E-state index in [-0.39, 0.29) is 10.8 Å². The van der Waals surface area contributed by atoms with Gasteiger partial charge in [-0.15, -0.1) is 11.8 Å². The monoisotopic (exact) mass is 378 g/mol. The second kappa shape index (κ2) is 6.70. The van der Waals surface area contributed by atoms with E-state index in [1.165, 1.54) is 12.1 Å². The summed E-state index contributed by atoms with van der Waals surface area (Å²) < 4.78 is 22.9. The number of aliphatic hydroxyl groups excluding tert-OH is 1. The maximum absolute atomic E-state index is 12.5. The number of benzene rings is 2. The van der Waals surface area contributed by atoms with Crippen molar-refractivity contribution >= 4 is 38.9 Å². The summed E-state index contributed by atoms with van der Waals surface area (Å²) in [6.45, 7) is 0. The lowest BCUT2D eigenvalue weighted by Crippen LogP contribution is -2.36. The van der Waals surface area contributed by atoms with Crippen molar-refractivity contribution in [3.63, 3.8) is 0 Å². The second-order valence-corrected chi connectivity index (χ2v) is 8.91. The molecule has 132 valence electrons. The van der Waals surface area contributed by atoms with Gasteiger partial charge in [-0.1, -0.05) is 0 Å². The summed E-state index contributed by atoms with van der Waals surface area (Å²) in [4.78, 5) is 15.4. The fourth-order valence-electron chi connectivity index (χ4n) is 2.48. The van der Waals surface area contributed by atoms with Crippen LogP contribution in [0.5, 0.6) is 0 Å². The summed E-state index contributed by atoms with van der Waals surface area (Å²) in [5.74, 6) is 0.287. The molecular weight excluding hydrogens is 360 g/mol. The van der Waals surface area contributed by atoms with Gasteiger partial charge in [0.2, 0.25) is 0 Å². The molecule has 0 radical (unpaired) electrons. The first-order valence-corrected chi connectivity index (χ1v) is 10.4. The van der Waals surface area contributed by atoms with E-state index in [0.717, 1.165) is 16.8 Å². The minimum atomic E-state index is -3.27. The van der Waals surface area contributed by atoms with Crippen LogP contribution in [-0.4, -0.2) is 44.7 Å². The fraction of sp³-hybridized carbons (Fsp3) is 0.235. The zero-order valence-electron chi connectivity index (χ0n) is 13.8. The number of nitrogens with one attached hydrogen (secondary N) is 1. The van der Waals surface area contributed by atoms with Gasteiger partial charge in [-0.3, -0.25) is 4.79 Å². The van der Waals surface area contributed by atoms with Gasteiger partial charge < -0.3 is 15.3 Å². The zero-order valence-corrected chi connectivity index (χ0v) is 15.4. The van der Waals surface area contributed by atoms with Gasteiger partial charge >= 0.3 is 0 Å². The topological polar surface area (TPSA) is 86.7 Å². The third kappa shape index (κ3) is 3.81. The number of nitrogens with zero attached hydrogens (tertiary/aromatic N) is 1. The van der Waals surface area contributed by atoms with Crippen LogP contribution >= 0.6 is 11.8 Å². The predicted molar refractivity (Wildman–Crippen MR) is 99.1 cm³/mol. The van der Waals surface area contributed by atoms with Crippen molar-refractivity contribution in [1.29, 1.82) is 0 Å². The highest BCUT2D eigenvalue weighted by Crippen LogP contribution is 2.36. The van der Waals surface area contributed by atoms with E-state index < -0.39 is 16.1 Å². The molecule has 0 saturated carbocycles. The molecule has 3 rings (SSSR count). The van der Waals surface area contributed by atoms with E-state index in [4.69, 9.17) is 0 Å². The molecule has 6 nitrogen and oxygen atoms in total. The quantitative estimate of drug-likeness (QED) is 0.852. The van der Waals surface area contributed by atoms with Gasteiger partial charge in [-0.2, -0.15) is 0 Å². The van der Waals surface area contributed by atoms with Crippen molar-refractivity contribution in [1.82, 2.24) is 0 Å². The van der Waals surface area contributed by atoms with Crippen LogP contribution in [0.4, 0.5) is 11.4 Å². The summed E-state index contributed by atoms with van der Waals surface area (Å²) in [5.41, 5.74) is 1.79. The number of hydrogen-bond acceptors (Lipinski definition) is 6. The smallest absolute Gasteiger partial charge is 0.255 e. The molecule has 1 aliphatic heterocycles. The second-order valence-electron chi connectivity index (χ2n) is 5.84. The van der Waals surface area contributed by atoms with Crippen LogP contribution in [0.3, 0.4) is 0 Å². The van der Waals surface area contributed by atoms with Gasteiger partial charge in [-0.05, 0) is 42.5 Å². The molecule has 0 aliphatic carbocycles. The minimum Gasteiger partial charge on any atom is -0.373 e. The molecule has 2 N–H and O–H groups in total. The first-order chi connectivity index (χ1) is 11.8. The van der Waals surface area contributed by atoms with Gasteiger partial charge in [0.1, 0.15) is 6.23 Å². The van der Waals surface area contributed by atoms with Gasteiger partial charge in [0.15, 0.2) is 9.84 Å². The van der Waals surface area contributed by atoms with Gasteiger partial charge in [0, 0.05) is 35.2 Å². The molecule has 2 aromatic carbocycles. The van der Waals surface area contributed by atoms with Gasteiger partial charge in [-0.25, -0.2) is 8.42 Å². The Hall–Kier alpha value is -2.03. The van der Waals surface area contributed by atoms with E-state index in [1.54, 1.807) is 48.0 Å². The number of aliphatic hydroxyl groups is 1. The lowest BCUT2D eigenvalue weighted by atomic mass is 10.1. The molecule has 1 unspecified atom stereocenters. The number of hydrogen-bond donors (Lipinski definition) is 2. The fourth-order valence-corrected chi connectivity index (χ4v) is 4.18. The van der Waals surface area contributed by atoms with Crippen LogP contribution in [0.2, 0.25) is 0 Å². The normalized spacial score (nSPS) is 17.1. The average molecular weight is 378 g/mol. The number of rotatable bonds is 3. The number of fused-ring (bicyclic) bond motifs is 1. The highest BCUT2D eigenvalue weighted by Gasteiger charge is 2.23. The van der Waals surface area contributed by atoms with E-state index in [1.807, 2.05) is 6.07 Å². The maximum atomic E-state index is 12.5. The van der Waals surface area contributed by atoms with Crippen molar-refractivity contribution in [2.24, 2.45) is 0 Å². The lowest BCUT2D eigenvalue weighted by molar-refractivity contribution is 0.102. The Labute approximate surface area is 150 Å². The first kappa shape index (κ1) is 17.8. The Bertz CT molecular complexity index is 911. The Kier molecular flexibility index (Phi) is 4.77. The molecule has 2 aromatic rings. The van der Waals surface area contributed by atoms with Crippen molar-refractivity contribution < 1.29 is 18.3 Å². The number of carbonyl (C=O) groups excluding carboxylic acids is 1. The summed E-state index contributed by atoms with van der Waals surface area (Å²) in [5, 5.41) is 12.7. The molecule has 0 spiro atoms. The Morgan fingerprint density at radius 2 is 1.92 bits per heavy atom. The molecule has 1 amide bonds. The van der Waals surface area contributed by atoms with Crippen LogP contribution in [0.1, 0.15) is 10.4 Å². The molecule has 1 atom stereocenters. The molecule has 25 heavy (non-hydrogen) atoms. The Morgan fingerprint density at radius 3 is 2.56 bits per heavy atom. The van der Waals surface area contributed by atoms with Crippen LogP contribution in [-0.2, 0) is 9.84 Å². The zero-order chi connectivity index (χ0) is 18.2. The van der Waals surface area contributed by atoms with Crippen LogP contribution in [0, 0.1) is 0 Å². The van der Waals surface area contributed by atoms with E-state index in [9.17, 15) is 18.3 Å². The summed E-state index contributed by atoms with van der Waals surface area (Å²) in [6, 6.07) is 11.4. The van der Waals surface area contributed by atoms with Gasteiger partial charge in [0.05, 0.1) is 10.6 Å². The minimum absolute atomic E-state index is 0.201. The number of anilines is 2. The van der Waals surface area contributed by atoms with Gasteiger partial charge in [0.25, 0.3) is 5.91 Å². The molecule has 0 bridgehead atoms. The SMILES string of the molecule is CN1c2cc(C(=O)Nc3ccc(S(C)(=O)=O)cc3)ccc2SCC1O. The third-order valence-corrected chi connectivity index (χ3v) is 6.23. The van der Waals surface area contributed by atoms with Crippen molar-refractivity contribution in [3.05, 3.63) is 48.0 Å². The van der Waals surface area contributed by atoms with Crippen LogP contribution in [0.15, 0.2) is 52.3 Å². The lowest BCUT2D eigenvalue weighted by Gasteiger charge is -2.32. The maximum Gasteiger partial charge on any atom is 0.255 e. The summed E-state index contributed by atoms with van der Waals surface area (Å²) in [6.07, 6.45) is 0.552. The highest BCUT2D eigenvalue weighted by atomic mass is 32.2. The molecule has 8 heteroatoms. The molecule has 1 heterocycles. The van der Waals surface area contributed by atoms with Crippen LogP contribution in [0.25, 0.3) is 0 Å². The van der Waals surface area contributed by atoms with Crippen molar-refractivity contribution in [3.8, 4) is 0 Å². The summed E-state index contributed by atoms with van der Waals surface area (Å²) in [7, 11) is -1.48. The number of amides is 1. The average Bonchev–Trinajstić information content (AvgIpc) is 2.57. The van der Waals surface area contributed by atoms with E-state index in [0.29, 0.717) is 17.0 Å². The summed E-state index contributed by atoms with van der Waals surface area (Å²) >= 11 is 1.55. The van der Waals surface area contributed by atoms with Crippen LogP contribution < -0.4 is 10.2 Å². The molecule has 0 aromatic heterocycles.